The molecule has 1 heterocycles. The third kappa shape index (κ3) is 2.73. The smallest absolute Gasteiger partial charge is 0.340 e. The molecule has 0 aliphatic rings. The highest BCUT2D eigenvalue weighted by Crippen LogP contribution is 2.24. The molecule has 100 valence electrons. The molecule has 2 aromatic rings. The van der Waals surface area contributed by atoms with Gasteiger partial charge in [-0.15, -0.1) is 0 Å². The molecule has 0 fully saturated rings. The number of esters is 1. The lowest BCUT2D eigenvalue weighted by Crippen LogP contribution is -2.11. The third-order valence-electron chi connectivity index (χ3n) is 2.97. The predicted molar refractivity (Wildman–Crippen MR) is 78.9 cm³/mol. The number of rotatable bonds is 3. The van der Waals surface area contributed by atoms with Crippen LogP contribution in [-0.4, -0.2) is 17.1 Å². The van der Waals surface area contributed by atoms with Gasteiger partial charge in [0.15, 0.2) is 0 Å². The molecule has 0 aliphatic carbocycles. The Morgan fingerprint density at radius 1 is 1.21 bits per heavy atom. The SMILES string of the molecule is CCOC(=O)c1ccc(Br)cc1-n1c(C)ccc1C. The highest BCUT2D eigenvalue weighted by atomic mass is 79.9. The molecule has 0 spiro atoms. The number of carbonyl (C=O) groups excluding carboxylic acids is 1. The Morgan fingerprint density at radius 2 is 1.84 bits per heavy atom. The van der Waals surface area contributed by atoms with Crippen LogP contribution in [0, 0.1) is 13.8 Å². The molecule has 0 bridgehead atoms. The van der Waals surface area contributed by atoms with Gasteiger partial charge in [-0.3, -0.25) is 0 Å². The van der Waals surface area contributed by atoms with Crippen LogP contribution in [0.25, 0.3) is 5.69 Å². The topological polar surface area (TPSA) is 31.2 Å². The second-order valence-electron chi connectivity index (χ2n) is 4.33. The van der Waals surface area contributed by atoms with Gasteiger partial charge >= 0.3 is 5.97 Å². The average Bonchev–Trinajstić information content (AvgIpc) is 2.69. The summed E-state index contributed by atoms with van der Waals surface area (Å²) in [6.45, 7) is 6.21. The van der Waals surface area contributed by atoms with E-state index in [9.17, 15) is 4.79 Å². The van der Waals surface area contributed by atoms with E-state index in [1.54, 1.807) is 6.07 Å². The van der Waals surface area contributed by atoms with Crippen LogP contribution < -0.4 is 0 Å². The number of carbonyl (C=O) groups is 1. The molecule has 0 radical (unpaired) electrons. The number of aromatic nitrogens is 1. The molecule has 2 rings (SSSR count). The van der Waals surface area contributed by atoms with Crippen molar-refractivity contribution in [2.24, 2.45) is 0 Å². The Bertz CT molecular complexity index is 597. The van der Waals surface area contributed by atoms with E-state index in [0.717, 1.165) is 21.5 Å². The van der Waals surface area contributed by atoms with Crippen LogP contribution in [0.4, 0.5) is 0 Å². The zero-order valence-corrected chi connectivity index (χ0v) is 12.8. The van der Waals surface area contributed by atoms with Crippen molar-refractivity contribution in [2.75, 3.05) is 6.61 Å². The largest absolute Gasteiger partial charge is 0.462 e. The molecule has 3 nitrogen and oxygen atoms in total. The molecular formula is C15H16BrNO2. The van der Waals surface area contributed by atoms with E-state index in [1.165, 1.54) is 0 Å². The van der Waals surface area contributed by atoms with Crippen LogP contribution in [0.15, 0.2) is 34.8 Å². The Kier molecular flexibility index (Phi) is 4.10. The van der Waals surface area contributed by atoms with E-state index in [0.29, 0.717) is 12.2 Å². The summed E-state index contributed by atoms with van der Waals surface area (Å²) in [6.07, 6.45) is 0. The zero-order chi connectivity index (χ0) is 14.0. The minimum absolute atomic E-state index is 0.294. The molecular weight excluding hydrogens is 306 g/mol. The van der Waals surface area contributed by atoms with Crippen LogP contribution in [0.1, 0.15) is 28.7 Å². The number of ether oxygens (including phenoxy) is 1. The van der Waals surface area contributed by atoms with Gasteiger partial charge in [0.25, 0.3) is 0 Å². The van der Waals surface area contributed by atoms with E-state index in [2.05, 4.69) is 20.5 Å². The van der Waals surface area contributed by atoms with Crippen LogP contribution in [0.2, 0.25) is 0 Å². The standard InChI is InChI=1S/C15H16BrNO2/c1-4-19-15(18)13-8-7-12(16)9-14(13)17-10(2)5-6-11(17)3/h5-9H,4H2,1-3H3. The molecule has 0 aliphatic heterocycles. The first-order chi connectivity index (χ1) is 9.04. The van der Waals surface area contributed by atoms with Gasteiger partial charge in [-0.2, -0.15) is 0 Å². The van der Waals surface area contributed by atoms with Gasteiger partial charge in [0.2, 0.25) is 0 Å². The van der Waals surface area contributed by atoms with Crippen LogP contribution in [-0.2, 0) is 4.74 Å². The van der Waals surface area contributed by atoms with Gasteiger partial charge in [-0.1, -0.05) is 15.9 Å². The van der Waals surface area contributed by atoms with E-state index >= 15 is 0 Å². The number of halogens is 1. The first-order valence-electron chi connectivity index (χ1n) is 6.16. The Balaban J connectivity index is 2.61. The second kappa shape index (κ2) is 5.61. The number of nitrogens with zero attached hydrogens (tertiary/aromatic N) is 1. The van der Waals surface area contributed by atoms with Crippen molar-refractivity contribution in [1.29, 1.82) is 0 Å². The maximum Gasteiger partial charge on any atom is 0.340 e. The van der Waals surface area contributed by atoms with Crippen LogP contribution in [0.3, 0.4) is 0 Å². The highest BCUT2D eigenvalue weighted by molar-refractivity contribution is 9.10. The zero-order valence-electron chi connectivity index (χ0n) is 11.2. The van der Waals surface area contributed by atoms with Crippen LogP contribution in [0.5, 0.6) is 0 Å². The molecule has 0 unspecified atom stereocenters. The number of benzene rings is 1. The molecule has 0 amide bonds. The normalized spacial score (nSPS) is 10.5. The summed E-state index contributed by atoms with van der Waals surface area (Å²) in [5.41, 5.74) is 3.59. The number of hydrogen-bond donors (Lipinski definition) is 0. The number of hydrogen-bond acceptors (Lipinski definition) is 2. The molecule has 0 N–H and O–H groups in total. The van der Waals surface area contributed by atoms with E-state index < -0.39 is 0 Å². The fourth-order valence-electron chi connectivity index (χ4n) is 2.12. The summed E-state index contributed by atoms with van der Waals surface area (Å²) in [5, 5.41) is 0. The second-order valence-corrected chi connectivity index (χ2v) is 5.25. The van der Waals surface area contributed by atoms with Crippen molar-refractivity contribution in [1.82, 2.24) is 4.57 Å². The van der Waals surface area contributed by atoms with Crippen molar-refractivity contribution in [3.8, 4) is 5.69 Å². The van der Waals surface area contributed by atoms with Gasteiger partial charge in [-0.05, 0) is 51.1 Å². The minimum atomic E-state index is -0.294. The van der Waals surface area contributed by atoms with Crippen molar-refractivity contribution >= 4 is 21.9 Å². The Morgan fingerprint density at radius 3 is 2.42 bits per heavy atom. The fraction of sp³-hybridized carbons (Fsp3) is 0.267. The highest BCUT2D eigenvalue weighted by Gasteiger charge is 2.16. The van der Waals surface area contributed by atoms with E-state index in [-0.39, 0.29) is 5.97 Å². The maximum atomic E-state index is 12.0. The summed E-state index contributed by atoms with van der Waals surface area (Å²) >= 11 is 3.45. The molecule has 1 aromatic heterocycles. The minimum Gasteiger partial charge on any atom is -0.462 e. The molecule has 0 saturated heterocycles. The van der Waals surface area contributed by atoms with Crippen molar-refractivity contribution in [3.05, 3.63) is 51.8 Å². The predicted octanol–water partition coefficient (Wildman–Crippen LogP) is 4.03. The molecule has 1 aromatic carbocycles. The monoisotopic (exact) mass is 321 g/mol. The summed E-state index contributed by atoms with van der Waals surface area (Å²) in [5.74, 6) is -0.294. The third-order valence-corrected chi connectivity index (χ3v) is 3.46. The van der Waals surface area contributed by atoms with Crippen molar-refractivity contribution in [3.63, 3.8) is 0 Å². The Hall–Kier alpha value is -1.55. The summed E-state index contributed by atoms with van der Waals surface area (Å²) in [7, 11) is 0. The summed E-state index contributed by atoms with van der Waals surface area (Å²) in [4.78, 5) is 12.0. The molecule has 0 atom stereocenters. The summed E-state index contributed by atoms with van der Waals surface area (Å²) < 4.78 is 8.10. The van der Waals surface area contributed by atoms with E-state index in [4.69, 9.17) is 4.74 Å². The lowest BCUT2D eigenvalue weighted by Gasteiger charge is -2.14. The van der Waals surface area contributed by atoms with E-state index in [1.807, 2.05) is 45.0 Å². The van der Waals surface area contributed by atoms with Crippen molar-refractivity contribution < 1.29 is 9.53 Å². The first kappa shape index (κ1) is 13.9. The number of aryl methyl sites for hydroxylation is 2. The Labute approximate surface area is 121 Å². The molecule has 4 heteroatoms. The lowest BCUT2D eigenvalue weighted by atomic mass is 10.1. The molecule has 0 saturated carbocycles. The quantitative estimate of drug-likeness (QED) is 0.799. The van der Waals surface area contributed by atoms with Crippen LogP contribution >= 0.6 is 15.9 Å². The average molecular weight is 322 g/mol. The molecule has 19 heavy (non-hydrogen) atoms. The first-order valence-corrected chi connectivity index (χ1v) is 6.96. The van der Waals surface area contributed by atoms with Gasteiger partial charge in [0.05, 0.1) is 17.9 Å². The summed E-state index contributed by atoms with van der Waals surface area (Å²) in [6, 6.07) is 9.64. The van der Waals surface area contributed by atoms with Gasteiger partial charge in [-0.25, -0.2) is 4.79 Å². The van der Waals surface area contributed by atoms with Crippen molar-refractivity contribution in [2.45, 2.75) is 20.8 Å². The van der Waals surface area contributed by atoms with Gasteiger partial charge in [0.1, 0.15) is 0 Å². The fourth-order valence-corrected chi connectivity index (χ4v) is 2.47. The lowest BCUT2D eigenvalue weighted by molar-refractivity contribution is 0.0526. The van der Waals surface area contributed by atoms with Gasteiger partial charge < -0.3 is 9.30 Å². The maximum absolute atomic E-state index is 12.0. The van der Waals surface area contributed by atoms with Gasteiger partial charge in [0, 0.05) is 15.9 Å².